The summed E-state index contributed by atoms with van der Waals surface area (Å²) in [5.74, 6) is 0.824. The van der Waals surface area contributed by atoms with Crippen LogP contribution in [-0.2, 0) is 14.3 Å². The Kier molecular flexibility index (Phi) is 3.81. The van der Waals surface area contributed by atoms with Crippen molar-refractivity contribution in [3.05, 3.63) is 11.6 Å². The van der Waals surface area contributed by atoms with E-state index in [4.69, 9.17) is 9.47 Å². The predicted molar refractivity (Wildman–Crippen MR) is 70.1 cm³/mol. The van der Waals surface area contributed by atoms with Crippen molar-refractivity contribution in [1.82, 2.24) is 0 Å². The first-order valence-electron chi connectivity index (χ1n) is 6.85. The van der Waals surface area contributed by atoms with Crippen molar-refractivity contribution in [2.75, 3.05) is 13.2 Å². The Morgan fingerprint density at radius 3 is 2.94 bits per heavy atom. The van der Waals surface area contributed by atoms with Crippen LogP contribution in [0.4, 0.5) is 0 Å². The molecule has 1 heterocycles. The minimum Gasteiger partial charge on any atom is -0.465 e. The van der Waals surface area contributed by atoms with Gasteiger partial charge in [-0.3, -0.25) is 4.79 Å². The number of carbonyl (C=O) groups excluding carboxylic acids is 1. The van der Waals surface area contributed by atoms with Crippen LogP contribution in [0, 0.1) is 17.3 Å². The first-order valence-corrected chi connectivity index (χ1v) is 6.85. The number of carbonyl (C=O) groups is 1. The van der Waals surface area contributed by atoms with Crippen LogP contribution < -0.4 is 0 Å². The molecule has 102 valence electrons. The van der Waals surface area contributed by atoms with Crippen molar-refractivity contribution in [1.29, 1.82) is 0 Å². The summed E-state index contributed by atoms with van der Waals surface area (Å²) in [5, 5.41) is 0. The van der Waals surface area contributed by atoms with Gasteiger partial charge in [0.15, 0.2) is 0 Å². The highest BCUT2D eigenvalue weighted by Gasteiger charge is 2.45. The number of hydrogen-bond donors (Lipinski definition) is 0. The van der Waals surface area contributed by atoms with E-state index in [0.717, 1.165) is 12.8 Å². The van der Waals surface area contributed by atoms with E-state index >= 15 is 0 Å². The lowest BCUT2D eigenvalue weighted by molar-refractivity contribution is -0.158. The average Bonchev–Trinajstić information content (AvgIpc) is 2.32. The lowest BCUT2D eigenvalue weighted by Gasteiger charge is -2.48. The molecule has 3 unspecified atom stereocenters. The quantitative estimate of drug-likeness (QED) is 0.572. The molecule has 3 heteroatoms. The fraction of sp³-hybridized carbons (Fsp3) is 0.800. The van der Waals surface area contributed by atoms with Crippen molar-refractivity contribution in [3.63, 3.8) is 0 Å². The Bertz CT molecular complexity index is 359. The second-order valence-corrected chi connectivity index (χ2v) is 6.26. The predicted octanol–water partition coefficient (Wildman–Crippen LogP) is 2.95. The summed E-state index contributed by atoms with van der Waals surface area (Å²) in [6.07, 6.45) is 4.68. The maximum atomic E-state index is 11.0. The molecule has 1 fully saturated rings. The van der Waals surface area contributed by atoms with Crippen LogP contribution >= 0.6 is 0 Å². The van der Waals surface area contributed by atoms with E-state index in [1.165, 1.54) is 12.5 Å². The van der Waals surface area contributed by atoms with Gasteiger partial charge in [-0.2, -0.15) is 0 Å². The zero-order valence-corrected chi connectivity index (χ0v) is 11.9. The molecule has 0 aromatic heterocycles. The molecule has 3 nitrogen and oxygen atoms in total. The largest absolute Gasteiger partial charge is 0.465 e. The van der Waals surface area contributed by atoms with Crippen LogP contribution in [0.25, 0.3) is 0 Å². The van der Waals surface area contributed by atoms with E-state index in [9.17, 15) is 4.79 Å². The van der Waals surface area contributed by atoms with E-state index in [-0.39, 0.29) is 11.4 Å². The molecule has 0 saturated carbocycles. The molecule has 0 aromatic rings. The minimum absolute atomic E-state index is 0.0151. The molecule has 1 saturated heterocycles. The van der Waals surface area contributed by atoms with Gasteiger partial charge in [-0.25, -0.2) is 0 Å². The van der Waals surface area contributed by atoms with Gasteiger partial charge in [-0.05, 0) is 25.7 Å². The maximum absolute atomic E-state index is 11.0. The first kappa shape index (κ1) is 13.6. The highest BCUT2D eigenvalue weighted by atomic mass is 16.5. The molecule has 0 aromatic carbocycles. The van der Waals surface area contributed by atoms with Crippen LogP contribution in [0.5, 0.6) is 0 Å². The van der Waals surface area contributed by atoms with Gasteiger partial charge in [-0.1, -0.05) is 25.5 Å². The number of allylic oxidation sites excluding steroid dienone is 1. The summed E-state index contributed by atoms with van der Waals surface area (Å²) in [4.78, 5) is 11.0. The number of esters is 1. The van der Waals surface area contributed by atoms with Crippen molar-refractivity contribution < 1.29 is 14.3 Å². The summed E-state index contributed by atoms with van der Waals surface area (Å²) in [6, 6.07) is 0. The molecule has 2 bridgehead atoms. The van der Waals surface area contributed by atoms with E-state index < -0.39 is 0 Å². The fourth-order valence-electron chi connectivity index (χ4n) is 3.19. The lowest BCUT2D eigenvalue weighted by Crippen LogP contribution is -2.48. The van der Waals surface area contributed by atoms with Gasteiger partial charge in [0.05, 0.1) is 19.3 Å². The van der Waals surface area contributed by atoms with Crippen LogP contribution in [-0.4, -0.2) is 25.3 Å². The lowest BCUT2D eigenvalue weighted by atomic mass is 9.66. The molecule has 0 N–H and O–H groups in total. The van der Waals surface area contributed by atoms with Gasteiger partial charge >= 0.3 is 5.97 Å². The van der Waals surface area contributed by atoms with Crippen molar-refractivity contribution in [2.45, 2.75) is 46.6 Å². The molecule has 18 heavy (non-hydrogen) atoms. The normalized spacial score (nSPS) is 35.3. The van der Waals surface area contributed by atoms with Crippen molar-refractivity contribution >= 4 is 5.97 Å². The SMILES string of the molecule is CC(=O)OCC12CC=C(C)C(C1)C(C(C)C)OC2. The molecule has 0 amide bonds. The molecule has 1 aliphatic heterocycles. The Morgan fingerprint density at radius 1 is 1.61 bits per heavy atom. The monoisotopic (exact) mass is 252 g/mol. The molecular weight excluding hydrogens is 228 g/mol. The summed E-state index contributed by atoms with van der Waals surface area (Å²) in [5.41, 5.74) is 1.45. The summed E-state index contributed by atoms with van der Waals surface area (Å²) in [6.45, 7) is 9.30. The van der Waals surface area contributed by atoms with Gasteiger partial charge in [-0.15, -0.1) is 0 Å². The third-order valence-corrected chi connectivity index (χ3v) is 4.31. The second-order valence-electron chi connectivity index (χ2n) is 6.26. The Morgan fingerprint density at radius 2 is 2.33 bits per heavy atom. The van der Waals surface area contributed by atoms with Crippen molar-refractivity contribution in [3.8, 4) is 0 Å². The van der Waals surface area contributed by atoms with Gasteiger partial charge in [0.1, 0.15) is 0 Å². The Balaban J connectivity index is 2.12. The van der Waals surface area contributed by atoms with Crippen LogP contribution in [0.2, 0.25) is 0 Å². The molecular formula is C15H24O3. The zero-order chi connectivity index (χ0) is 13.3. The molecule has 2 rings (SSSR count). The topological polar surface area (TPSA) is 35.5 Å². The first-order chi connectivity index (χ1) is 8.43. The third kappa shape index (κ3) is 2.61. The molecule has 3 atom stereocenters. The molecule has 1 aliphatic carbocycles. The average molecular weight is 252 g/mol. The summed E-state index contributed by atoms with van der Waals surface area (Å²) >= 11 is 0. The van der Waals surface area contributed by atoms with Crippen molar-refractivity contribution in [2.24, 2.45) is 17.3 Å². The van der Waals surface area contributed by atoms with Crippen LogP contribution in [0.1, 0.15) is 40.5 Å². The van der Waals surface area contributed by atoms with E-state index in [0.29, 0.717) is 31.2 Å². The Labute approximate surface area is 110 Å². The summed E-state index contributed by atoms with van der Waals surface area (Å²) < 4.78 is 11.3. The highest BCUT2D eigenvalue weighted by molar-refractivity contribution is 5.65. The van der Waals surface area contributed by atoms with E-state index in [2.05, 4.69) is 26.8 Å². The van der Waals surface area contributed by atoms with Gasteiger partial charge in [0, 0.05) is 18.3 Å². The van der Waals surface area contributed by atoms with Gasteiger partial charge < -0.3 is 9.47 Å². The molecule has 2 aliphatic rings. The number of rotatable bonds is 3. The van der Waals surface area contributed by atoms with Gasteiger partial charge in [0.2, 0.25) is 0 Å². The fourth-order valence-corrected chi connectivity index (χ4v) is 3.19. The summed E-state index contributed by atoms with van der Waals surface area (Å²) in [7, 11) is 0. The van der Waals surface area contributed by atoms with Crippen LogP contribution in [0.15, 0.2) is 11.6 Å². The van der Waals surface area contributed by atoms with E-state index in [1.54, 1.807) is 0 Å². The molecule has 0 spiro atoms. The van der Waals surface area contributed by atoms with E-state index in [1.807, 2.05) is 0 Å². The highest BCUT2D eigenvalue weighted by Crippen LogP contribution is 2.46. The standard InChI is InChI=1S/C15H24O3/c1-10(2)14-13-7-15(9-18-14,6-5-11(13)3)8-17-12(4)16/h5,10,13-14H,6-9H2,1-4H3. The minimum atomic E-state index is -0.196. The third-order valence-electron chi connectivity index (χ3n) is 4.31. The Hall–Kier alpha value is -0.830. The number of ether oxygens (including phenoxy) is 2. The molecule has 0 radical (unpaired) electrons. The zero-order valence-electron chi connectivity index (χ0n) is 11.9. The van der Waals surface area contributed by atoms with Gasteiger partial charge in [0.25, 0.3) is 0 Å². The number of hydrogen-bond acceptors (Lipinski definition) is 3. The van der Waals surface area contributed by atoms with Crippen LogP contribution in [0.3, 0.4) is 0 Å². The smallest absolute Gasteiger partial charge is 0.302 e. The number of fused-ring (bicyclic) bond motifs is 2. The maximum Gasteiger partial charge on any atom is 0.302 e. The second kappa shape index (κ2) is 5.04.